The van der Waals surface area contributed by atoms with E-state index in [9.17, 15) is 0 Å². The van der Waals surface area contributed by atoms with E-state index in [1.54, 1.807) is 0 Å². The van der Waals surface area contributed by atoms with Crippen LogP contribution in [0.15, 0.2) is 91.0 Å². The number of aromatic nitrogens is 1. The van der Waals surface area contributed by atoms with E-state index in [0.29, 0.717) is 12.0 Å². The summed E-state index contributed by atoms with van der Waals surface area (Å²) >= 11 is 0. The second kappa shape index (κ2) is 8.18. The lowest BCUT2D eigenvalue weighted by Gasteiger charge is -2.52. The predicted molar refractivity (Wildman–Crippen MR) is 132 cm³/mol. The van der Waals surface area contributed by atoms with E-state index < -0.39 is 0 Å². The summed E-state index contributed by atoms with van der Waals surface area (Å²) in [5.74, 6) is 0.581. The number of benzene rings is 3. The first-order valence-corrected chi connectivity index (χ1v) is 12.0. The van der Waals surface area contributed by atoms with Crippen molar-refractivity contribution < 1.29 is 0 Å². The number of hydrogen-bond donors (Lipinski definition) is 1. The Labute approximate surface area is 190 Å². The maximum Gasteiger partial charge on any atom is 0.0705 e. The van der Waals surface area contributed by atoms with Crippen LogP contribution >= 0.6 is 0 Å². The third-order valence-corrected chi connectivity index (χ3v) is 7.92. The summed E-state index contributed by atoms with van der Waals surface area (Å²) in [7, 11) is 0. The van der Waals surface area contributed by atoms with Gasteiger partial charge in [-0.05, 0) is 67.0 Å². The normalized spacial score (nSPS) is 24.6. The third-order valence-electron chi connectivity index (χ3n) is 7.92. The zero-order valence-corrected chi connectivity index (χ0v) is 18.5. The summed E-state index contributed by atoms with van der Waals surface area (Å²) < 4.78 is 0. The molecule has 0 bridgehead atoms. The average Bonchev–Trinajstić information content (AvgIpc) is 2.86. The molecule has 6 rings (SSSR count). The lowest BCUT2D eigenvalue weighted by atomic mass is 9.56. The van der Waals surface area contributed by atoms with Crippen molar-refractivity contribution >= 4 is 10.9 Å². The minimum absolute atomic E-state index is 0.163. The van der Waals surface area contributed by atoms with Crippen molar-refractivity contribution in [3.05, 3.63) is 113 Å². The summed E-state index contributed by atoms with van der Waals surface area (Å²) in [6, 6.07) is 33.8. The topological polar surface area (TPSA) is 24.9 Å². The Morgan fingerprint density at radius 3 is 2.47 bits per heavy atom. The molecule has 160 valence electrons. The molecule has 3 atom stereocenters. The van der Waals surface area contributed by atoms with Crippen molar-refractivity contribution in [2.75, 3.05) is 6.54 Å². The van der Waals surface area contributed by atoms with E-state index in [1.807, 2.05) is 0 Å². The SMILES string of the molecule is c1ccc(CCC2NCC[C@@]3(c4ccccc4)Cc4nc5ccccc5cc4C[C@@H]23)cc1. The molecule has 0 saturated carbocycles. The van der Waals surface area contributed by atoms with Crippen LogP contribution in [0.4, 0.5) is 0 Å². The van der Waals surface area contributed by atoms with Crippen LogP contribution in [0.3, 0.4) is 0 Å². The molecule has 1 saturated heterocycles. The van der Waals surface area contributed by atoms with Gasteiger partial charge in [-0.3, -0.25) is 4.98 Å². The van der Waals surface area contributed by atoms with Gasteiger partial charge in [0, 0.05) is 29.0 Å². The largest absolute Gasteiger partial charge is 0.314 e. The van der Waals surface area contributed by atoms with E-state index in [2.05, 4.69) is 96.3 Å². The highest BCUT2D eigenvalue weighted by Crippen LogP contribution is 2.48. The second-order valence-electron chi connectivity index (χ2n) is 9.63. The molecule has 2 aliphatic rings. The van der Waals surface area contributed by atoms with Gasteiger partial charge in [-0.1, -0.05) is 78.9 Å². The van der Waals surface area contributed by atoms with Crippen LogP contribution in [-0.4, -0.2) is 17.6 Å². The molecule has 2 heterocycles. The molecule has 32 heavy (non-hydrogen) atoms. The van der Waals surface area contributed by atoms with Crippen molar-refractivity contribution in [1.82, 2.24) is 10.3 Å². The summed E-state index contributed by atoms with van der Waals surface area (Å²) in [5, 5.41) is 5.20. The molecule has 4 aromatic rings. The van der Waals surface area contributed by atoms with Gasteiger partial charge >= 0.3 is 0 Å². The zero-order valence-electron chi connectivity index (χ0n) is 18.5. The monoisotopic (exact) mass is 418 g/mol. The highest BCUT2D eigenvalue weighted by atomic mass is 15.0. The first-order chi connectivity index (χ1) is 15.8. The number of nitrogens with one attached hydrogen (secondary N) is 1. The van der Waals surface area contributed by atoms with E-state index >= 15 is 0 Å². The van der Waals surface area contributed by atoms with Crippen molar-refractivity contribution in [2.45, 2.75) is 43.6 Å². The number of para-hydroxylation sites is 1. The Hall–Kier alpha value is -2.97. The van der Waals surface area contributed by atoms with Crippen LogP contribution < -0.4 is 5.32 Å². The molecule has 1 N–H and O–H groups in total. The molecule has 2 nitrogen and oxygen atoms in total. The van der Waals surface area contributed by atoms with Gasteiger partial charge in [0.15, 0.2) is 0 Å². The molecule has 1 aromatic heterocycles. The standard InChI is InChI=1S/C30H30N2/c1-3-9-22(10-4-1)15-16-28-26-20-24-19-23-11-7-8-14-27(23)32-29(24)21-30(26,17-18-31-28)25-12-5-2-6-13-25/h1-14,19,26,28,31H,15-18,20-21H2/t26-,28?,30-/m0/s1. The summed E-state index contributed by atoms with van der Waals surface area (Å²) in [5.41, 5.74) is 6.99. The summed E-state index contributed by atoms with van der Waals surface area (Å²) in [4.78, 5) is 5.18. The van der Waals surface area contributed by atoms with Gasteiger partial charge in [-0.15, -0.1) is 0 Å². The van der Waals surface area contributed by atoms with Crippen molar-refractivity contribution in [2.24, 2.45) is 5.92 Å². The van der Waals surface area contributed by atoms with E-state index in [4.69, 9.17) is 4.98 Å². The number of hydrogen-bond acceptors (Lipinski definition) is 2. The molecular formula is C30H30N2. The van der Waals surface area contributed by atoms with Crippen molar-refractivity contribution in [1.29, 1.82) is 0 Å². The number of aryl methyl sites for hydroxylation is 1. The third kappa shape index (κ3) is 3.43. The molecule has 1 aliphatic carbocycles. The lowest BCUT2D eigenvalue weighted by Crippen LogP contribution is -2.58. The molecule has 2 heteroatoms. The maximum atomic E-state index is 5.18. The molecule has 3 aromatic carbocycles. The molecule has 0 amide bonds. The fourth-order valence-corrected chi connectivity index (χ4v) is 6.32. The predicted octanol–water partition coefficient (Wildman–Crippen LogP) is 5.88. The van der Waals surface area contributed by atoms with Crippen LogP contribution in [-0.2, 0) is 24.7 Å². The van der Waals surface area contributed by atoms with Crippen LogP contribution in [0.25, 0.3) is 10.9 Å². The van der Waals surface area contributed by atoms with Crippen LogP contribution in [0.2, 0.25) is 0 Å². The highest BCUT2D eigenvalue weighted by molar-refractivity contribution is 5.79. The Kier molecular flexibility index (Phi) is 5.04. The molecule has 1 fully saturated rings. The maximum absolute atomic E-state index is 5.18. The van der Waals surface area contributed by atoms with Gasteiger partial charge in [-0.25, -0.2) is 0 Å². The Balaban J connectivity index is 1.41. The average molecular weight is 419 g/mol. The Morgan fingerprint density at radius 2 is 1.62 bits per heavy atom. The van der Waals surface area contributed by atoms with E-state index in [1.165, 1.54) is 40.6 Å². The molecule has 0 radical (unpaired) electrons. The number of pyridine rings is 1. The first-order valence-electron chi connectivity index (χ1n) is 12.0. The van der Waals surface area contributed by atoms with Gasteiger partial charge in [-0.2, -0.15) is 0 Å². The van der Waals surface area contributed by atoms with Gasteiger partial charge in [0.05, 0.1) is 5.52 Å². The molecule has 0 spiro atoms. The van der Waals surface area contributed by atoms with Gasteiger partial charge in [0.25, 0.3) is 0 Å². The highest BCUT2D eigenvalue weighted by Gasteiger charge is 2.49. The number of piperidine rings is 1. The first kappa shape index (κ1) is 19.7. The Morgan fingerprint density at radius 1 is 0.875 bits per heavy atom. The van der Waals surface area contributed by atoms with Crippen molar-refractivity contribution in [3.8, 4) is 0 Å². The molecule has 1 unspecified atom stereocenters. The number of rotatable bonds is 4. The van der Waals surface area contributed by atoms with Gasteiger partial charge in [0.2, 0.25) is 0 Å². The number of fused-ring (bicyclic) bond motifs is 3. The van der Waals surface area contributed by atoms with Crippen molar-refractivity contribution in [3.63, 3.8) is 0 Å². The summed E-state index contributed by atoms with van der Waals surface area (Å²) in [6.45, 7) is 1.08. The van der Waals surface area contributed by atoms with E-state index in [-0.39, 0.29) is 5.41 Å². The summed E-state index contributed by atoms with van der Waals surface area (Å²) in [6.07, 6.45) is 5.64. The minimum atomic E-state index is 0.163. The van der Waals surface area contributed by atoms with Crippen LogP contribution in [0.5, 0.6) is 0 Å². The minimum Gasteiger partial charge on any atom is -0.314 e. The van der Waals surface area contributed by atoms with Crippen LogP contribution in [0.1, 0.15) is 35.2 Å². The van der Waals surface area contributed by atoms with Crippen LogP contribution in [0, 0.1) is 5.92 Å². The smallest absolute Gasteiger partial charge is 0.0705 e. The Bertz CT molecular complexity index is 1220. The quantitative estimate of drug-likeness (QED) is 0.447. The lowest BCUT2D eigenvalue weighted by molar-refractivity contribution is 0.124. The van der Waals surface area contributed by atoms with Gasteiger partial charge in [0.1, 0.15) is 0 Å². The second-order valence-corrected chi connectivity index (χ2v) is 9.63. The fourth-order valence-electron chi connectivity index (χ4n) is 6.32. The van der Waals surface area contributed by atoms with E-state index in [0.717, 1.165) is 31.3 Å². The van der Waals surface area contributed by atoms with Gasteiger partial charge < -0.3 is 5.32 Å². The fraction of sp³-hybridized carbons (Fsp3) is 0.300. The molecular weight excluding hydrogens is 388 g/mol. The zero-order chi connectivity index (χ0) is 21.4. The molecule has 1 aliphatic heterocycles. The number of nitrogens with zero attached hydrogens (tertiary/aromatic N) is 1.